The van der Waals surface area contributed by atoms with Crippen LogP contribution in [0.5, 0.6) is 0 Å². The summed E-state index contributed by atoms with van der Waals surface area (Å²) in [6.45, 7) is 8.44. The van der Waals surface area contributed by atoms with Gasteiger partial charge in [-0.1, -0.05) is 17.7 Å². The van der Waals surface area contributed by atoms with Crippen molar-refractivity contribution in [3.63, 3.8) is 0 Å². The molecule has 1 aliphatic rings. The summed E-state index contributed by atoms with van der Waals surface area (Å²) in [5, 5.41) is 12.9. The number of allylic oxidation sites excluding steroid dienone is 1. The SMILES string of the molecule is CC1=CC(C)(C)N(C)c2cc(C)c(/C=C(\C#N)C(=O)Nc3ccc(Cl)cc3)cc21. The first-order valence-electron chi connectivity index (χ1n) is 9.39. The number of hydrogen-bond donors (Lipinski definition) is 1. The van der Waals surface area contributed by atoms with Gasteiger partial charge in [0.2, 0.25) is 0 Å². The van der Waals surface area contributed by atoms with Crippen molar-refractivity contribution in [2.75, 3.05) is 17.3 Å². The van der Waals surface area contributed by atoms with Gasteiger partial charge in [0.1, 0.15) is 11.6 Å². The summed E-state index contributed by atoms with van der Waals surface area (Å²) in [4.78, 5) is 14.8. The van der Waals surface area contributed by atoms with E-state index in [9.17, 15) is 10.1 Å². The van der Waals surface area contributed by atoms with Crippen molar-refractivity contribution in [3.8, 4) is 6.07 Å². The van der Waals surface area contributed by atoms with Gasteiger partial charge in [0.25, 0.3) is 5.91 Å². The Bertz CT molecular complexity index is 1070. The van der Waals surface area contributed by atoms with Gasteiger partial charge in [-0.15, -0.1) is 0 Å². The molecule has 148 valence electrons. The van der Waals surface area contributed by atoms with Crippen LogP contribution >= 0.6 is 11.6 Å². The molecule has 1 heterocycles. The molecular weight excluding hydrogens is 382 g/mol. The molecule has 0 aromatic heterocycles. The molecule has 1 amide bonds. The van der Waals surface area contributed by atoms with Crippen LogP contribution in [0.3, 0.4) is 0 Å². The summed E-state index contributed by atoms with van der Waals surface area (Å²) in [5.41, 5.74) is 5.87. The van der Waals surface area contributed by atoms with Crippen LogP contribution in [0, 0.1) is 18.3 Å². The number of nitriles is 1. The highest BCUT2D eigenvalue weighted by atomic mass is 35.5. The zero-order valence-corrected chi connectivity index (χ0v) is 18.1. The number of anilines is 2. The second-order valence-electron chi connectivity index (χ2n) is 7.90. The molecule has 1 aliphatic heterocycles. The summed E-state index contributed by atoms with van der Waals surface area (Å²) in [7, 11) is 2.08. The van der Waals surface area contributed by atoms with E-state index in [1.807, 2.05) is 13.0 Å². The van der Waals surface area contributed by atoms with Crippen LogP contribution in [-0.4, -0.2) is 18.5 Å². The van der Waals surface area contributed by atoms with Crippen LogP contribution in [-0.2, 0) is 4.79 Å². The molecular formula is C24H24ClN3O. The van der Waals surface area contributed by atoms with E-state index in [1.54, 1.807) is 30.3 Å². The van der Waals surface area contributed by atoms with E-state index in [4.69, 9.17) is 11.6 Å². The smallest absolute Gasteiger partial charge is 0.266 e. The minimum absolute atomic E-state index is 0.0501. The summed E-state index contributed by atoms with van der Waals surface area (Å²) in [5.74, 6) is -0.447. The number of likely N-dealkylation sites (N-methyl/N-ethyl adjacent to an activating group) is 1. The Labute approximate surface area is 177 Å². The fourth-order valence-corrected chi connectivity index (χ4v) is 3.63. The van der Waals surface area contributed by atoms with Crippen molar-refractivity contribution < 1.29 is 4.79 Å². The highest BCUT2D eigenvalue weighted by Crippen LogP contribution is 2.39. The second kappa shape index (κ2) is 7.77. The Morgan fingerprint density at radius 3 is 2.48 bits per heavy atom. The number of fused-ring (bicyclic) bond motifs is 1. The lowest BCUT2D eigenvalue weighted by Crippen LogP contribution is -2.42. The molecule has 0 bridgehead atoms. The van der Waals surface area contributed by atoms with Crippen LogP contribution < -0.4 is 10.2 Å². The molecule has 0 fully saturated rings. The fourth-order valence-electron chi connectivity index (χ4n) is 3.51. The van der Waals surface area contributed by atoms with E-state index >= 15 is 0 Å². The molecule has 0 atom stereocenters. The van der Waals surface area contributed by atoms with E-state index in [-0.39, 0.29) is 11.1 Å². The molecule has 2 aromatic carbocycles. The van der Waals surface area contributed by atoms with Gasteiger partial charge in [0.05, 0.1) is 5.54 Å². The van der Waals surface area contributed by atoms with Crippen LogP contribution in [0.25, 0.3) is 11.6 Å². The minimum Gasteiger partial charge on any atom is -0.365 e. The van der Waals surface area contributed by atoms with Crippen molar-refractivity contribution >= 4 is 40.5 Å². The third-order valence-electron chi connectivity index (χ3n) is 5.37. The Morgan fingerprint density at radius 2 is 1.86 bits per heavy atom. The van der Waals surface area contributed by atoms with Gasteiger partial charge in [0, 0.05) is 29.0 Å². The minimum atomic E-state index is -0.447. The lowest BCUT2D eigenvalue weighted by atomic mass is 9.87. The summed E-state index contributed by atoms with van der Waals surface area (Å²) < 4.78 is 0. The van der Waals surface area contributed by atoms with Crippen LogP contribution in [0.2, 0.25) is 5.02 Å². The molecule has 2 aromatic rings. The zero-order chi connectivity index (χ0) is 21.3. The van der Waals surface area contributed by atoms with E-state index in [2.05, 4.69) is 56.2 Å². The van der Waals surface area contributed by atoms with E-state index in [0.29, 0.717) is 10.7 Å². The third kappa shape index (κ3) is 4.21. The maximum Gasteiger partial charge on any atom is 0.266 e. The van der Waals surface area contributed by atoms with Gasteiger partial charge >= 0.3 is 0 Å². The van der Waals surface area contributed by atoms with Gasteiger partial charge in [-0.05, 0) is 86.9 Å². The van der Waals surface area contributed by atoms with Crippen molar-refractivity contribution in [2.24, 2.45) is 0 Å². The Kier molecular flexibility index (Phi) is 5.55. The number of carbonyl (C=O) groups excluding carboxylic acids is 1. The molecule has 29 heavy (non-hydrogen) atoms. The first-order valence-corrected chi connectivity index (χ1v) is 9.77. The molecule has 0 saturated carbocycles. The normalized spacial score (nSPS) is 15.3. The number of aryl methyl sites for hydroxylation is 1. The highest BCUT2D eigenvalue weighted by molar-refractivity contribution is 6.30. The number of hydrogen-bond acceptors (Lipinski definition) is 3. The zero-order valence-electron chi connectivity index (χ0n) is 17.3. The predicted molar refractivity (Wildman–Crippen MR) is 121 cm³/mol. The van der Waals surface area contributed by atoms with Crippen LogP contribution in [0.1, 0.15) is 37.5 Å². The maximum absolute atomic E-state index is 12.6. The number of halogens is 1. The van der Waals surface area contributed by atoms with Gasteiger partial charge in [-0.2, -0.15) is 5.26 Å². The first-order chi connectivity index (χ1) is 13.6. The molecule has 5 heteroatoms. The average molecular weight is 406 g/mol. The van der Waals surface area contributed by atoms with Crippen molar-refractivity contribution in [3.05, 3.63) is 69.8 Å². The van der Waals surface area contributed by atoms with Gasteiger partial charge < -0.3 is 10.2 Å². The number of rotatable bonds is 3. The summed E-state index contributed by atoms with van der Waals surface area (Å²) in [6, 6.07) is 13.0. The predicted octanol–water partition coefficient (Wildman–Crippen LogP) is 5.83. The number of nitrogens with zero attached hydrogens (tertiary/aromatic N) is 2. The molecule has 4 nitrogen and oxygen atoms in total. The highest BCUT2D eigenvalue weighted by Gasteiger charge is 2.28. The van der Waals surface area contributed by atoms with Crippen molar-refractivity contribution in [1.29, 1.82) is 5.26 Å². The van der Waals surface area contributed by atoms with E-state index in [0.717, 1.165) is 22.4 Å². The lowest BCUT2D eigenvalue weighted by Gasteiger charge is -2.41. The van der Waals surface area contributed by atoms with Gasteiger partial charge in [-0.25, -0.2) is 0 Å². The number of nitrogens with one attached hydrogen (secondary N) is 1. The summed E-state index contributed by atoms with van der Waals surface area (Å²) in [6.07, 6.45) is 3.88. The van der Waals surface area contributed by atoms with Crippen LogP contribution in [0.15, 0.2) is 48.0 Å². The molecule has 0 aliphatic carbocycles. The van der Waals surface area contributed by atoms with Crippen molar-refractivity contribution in [2.45, 2.75) is 33.2 Å². The number of carbonyl (C=O) groups is 1. The maximum atomic E-state index is 12.6. The summed E-state index contributed by atoms with van der Waals surface area (Å²) >= 11 is 5.88. The molecule has 1 N–H and O–H groups in total. The average Bonchev–Trinajstić information content (AvgIpc) is 2.66. The molecule has 3 rings (SSSR count). The fraction of sp³-hybridized carbons (Fsp3) is 0.250. The third-order valence-corrected chi connectivity index (χ3v) is 5.62. The molecule has 0 spiro atoms. The molecule has 0 unspecified atom stereocenters. The van der Waals surface area contributed by atoms with Gasteiger partial charge in [0.15, 0.2) is 0 Å². The Balaban J connectivity index is 1.96. The van der Waals surface area contributed by atoms with Crippen molar-refractivity contribution in [1.82, 2.24) is 0 Å². The second-order valence-corrected chi connectivity index (χ2v) is 8.33. The van der Waals surface area contributed by atoms with Crippen LogP contribution in [0.4, 0.5) is 11.4 Å². The quantitative estimate of drug-likeness (QED) is 0.516. The first kappa shape index (κ1) is 20.7. The molecule has 0 radical (unpaired) electrons. The lowest BCUT2D eigenvalue weighted by molar-refractivity contribution is -0.112. The van der Waals surface area contributed by atoms with E-state index in [1.165, 1.54) is 5.57 Å². The molecule has 0 saturated heterocycles. The Morgan fingerprint density at radius 1 is 1.21 bits per heavy atom. The topological polar surface area (TPSA) is 56.1 Å². The Hall–Kier alpha value is -3.03. The van der Waals surface area contributed by atoms with Gasteiger partial charge in [-0.3, -0.25) is 4.79 Å². The number of benzene rings is 2. The number of amides is 1. The largest absolute Gasteiger partial charge is 0.365 e. The monoisotopic (exact) mass is 405 g/mol. The van der Waals surface area contributed by atoms with E-state index < -0.39 is 5.91 Å². The standard InChI is InChI=1S/C24H24ClN3O/c1-15-10-22-21(16(2)13-24(3,4)28(22)5)12-17(15)11-18(14-26)23(29)27-20-8-6-19(25)7-9-20/h6-13H,1-5H3,(H,27,29)/b18-11+.